The van der Waals surface area contributed by atoms with Crippen molar-refractivity contribution < 1.29 is 13.9 Å². The topological polar surface area (TPSA) is 79.4 Å². The summed E-state index contributed by atoms with van der Waals surface area (Å²) >= 11 is 0. The number of hydrogen-bond acceptors (Lipinski definition) is 6. The molecule has 2 heterocycles. The monoisotopic (exact) mass is 469 g/mol. The van der Waals surface area contributed by atoms with Gasteiger partial charge in [0.15, 0.2) is 0 Å². The van der Waals surface area contributed by atoms with E-state index in [-0.39, 0.29) is 5.91 Å². The van der Waals surface area contributed by atoms with E-state index in [1.54, 1.807) is 36.5 Å². The van der Waals surface area contributed by atoms with Crippen molar-refractivity contribution in [2.45, 2.75) is 0 Å². The van der Waals surface area contributed by atoms with Crippen LogP contribution in [0.3, 0.4) is 0 Å². The average molecular weight is 470 g/mol. The maximum atomic E-state index is 15.0. The molecule has 2 N–H and O–H groups in total. The first-order valence-corrected chi connectivity index (χ1v) is 11.3. The van der Waals surface area contributed by atoms with Crippen LogP contribution in [-0.2, 0) is 9.53 Å². The second-order valence-electron chi connectivity index (χ2n) is 8.10. The summed E-state index contributed by atoms with van der Waals surface area (Å²) in [5.74, 6) is -0.391. The van der Waals surface area contributed by atoms with Gasteiger partial charge in [-0.15, -0.1) is 0 Å². The molecule has 1 aromatic heterocycles. The highest BCUT2D eigenvalue weighted by Gasteiger charge is 2.15. The molecule has 8 heteroatoms. The fraction of sp³-hybridized carbons (Fsp3) is 0.148. The molecule has 1 fully saturated rings. The molecule has 0 aliphatic carbocycles. The van der Waals surface area contributed by atoms with Gasteiger partial charge in [0.25, 0.3) is 0 Å². The number of carbonyl (C=O) groups excluding carboxylic acids is 1. The first-order valence-electron chi connectivity index (χ1n) is 11.3. The molecule has 1 saturated heterocycles. The van der Waals surface area contributed by atoms with Crippen molar-refractivity contribution in [3.8, 4) is 11.1 Å². The Balaban J connectivity index is 1.45. The third kappa shape index (κ3) is 4.97. The zero-order valence-corrected chi connectivity index (χ0v) is 19.0. The summed E-state index contributed by atoms with van der Waals surface area (Å²) in [6, 6.07) is 18.0. The van der Waals surface area contributed by atoms with E-state index in [0.29, 0.717) is 33.7 Å². The van der Waals surface area contributed by atoms with Crippen molar-refractivity contribution in [1.82, 2.24) is 9.97 Å². The SMILES string of the molecule is C=CC(=O)Nc1cccc(-c2c(F)ccc3cnc(Nc4ccc(N5CCOCC5)cc4)nc23)c1. The van der Waals surface area contributed by atoms with Gasteiger partial charge in [-0.05, 0) is 60.2 Å². The van der Waals surface area contributed by atoms with Crippen molar-refractivity contribution in [1.29, 1.82) is 0 Å². The van der Waals surface area contributed by atoms with Crippen LogP contribution >= 0.6 is 0 Å². The molecule has 7 nitrogen and oxygen atoms in total. The molecule has 0 saturated carbocycles. The van der Waals surface area contributed by atoms with E-state index in [0.717, 1.165) is 37.7 Å². The molecule has 1 aliphatic heterocycles. The second kappa shape index (κ2) is 9.90. The molecule has 0 atom stereocenters. The van der Waals surface area contributed by atoms with Gasteiger partial charge < -0.3 is 20.3 Å². The molecule has 35 heavy (non-hydrogen) atoms. The number of carbonyl (C=O) groups is 1. The zero-order chi connectivity index (χ0) is 24.2. The molecule has 0 bridgehead atoms. The lowest BCUT2D eigenvalue weighted by molar-refractivity contribution is -0.111. The Morgan fingerprint density at radius 2 is 1.86 bits per heavy atom. The highest BCUT2D eigenvalue weighted by molar-refractivity contribution is 6.00. The van der Waals surface area contributed by atoms with E-state index in [1.165, 1.54) is 12.1 Å². The molecular formula is C27H24FN5O2. The van der Waals surface area contributed by atoms with Crippen LogP contribution in [0, 0.1) is 5.82 Å². The number of fused-ring (bicyclic) bond motifs is 1. The minimum Gasteiger partial charge on any atom is -0.378 e. The van der Waals surface area contributed by atoms with Crippen LogP contribution in [0.15, 0.2) is 79.5 Å². The van der Waals surface area contributed by atoms with Gasteiger partial charge in [-0.25, -0.2) is 14.4 Å². The van der Waals surface area contributed by atoms with Gasteiger partial charge in [0.2, 0.25) is 11.9 Å². The summed E-state index contributed by atoms with van der Waals surface area (Å²) in [5.41, 5.74) is 3.90. The highest BCUT2D eigenvalue weighted by atomic mass is 19.1. The number of amides is 1. The van der Waals surface area contributed by atoms with Gasteiger partial charge in [-0.3, -0.25) is 4.79 Å². The quantitative estimate of drug-likeness (QED) is 0.381. The van der Waals surface area contributed by atoms with Gasteiger partial charge in [0.05, 0.1) is 18.7 Å². The number of morpholine rings is 1. The van der Waals surface area contributed by atoms with Crippen molar-refractivity contribution in [2.24, 2.45) is 0 Å². The third-order valence-electron chi connectivity index (χ3n) is 5.81. The van der Waals surface area contributed by atoms with Crippen LogP contribution in [0.4, 0.5) is 27.4 Å². The number of nitrogens with zero attached hydrogens (tertiary/aromatic N) is 3. The van der Waals surface area contributed by atoms with Crippen LogP contribution in [0.5, 0.6) is 0 Å². The number of nitrogens with one attached hydrogen (secondary N) is 2. The second-order valence-corrected chi connectivity index (χ2v) is 8.10. The van der Waals surface area contributed by atoms with Crippen LogP contribution in [0.2, 0.25) is 0 Å². The Labute approximate surface area is 202 Å². The molecule has 0 spiro atoms. The first-order chi connectivity index (χ1) is 17.1. The number of anilines is 4. The van der Waals surface area contributed by atoms with Crippen LogP contribution in [0.25, 0.3) is 22.0 Å². The van der Waals surface area contributed by atoms with E-state index in [1.807, 2.05) is 24.3 Å². The van der Waals surface area contributed by atoms with E-state index in [2.05, 4.69) is 32.1 Å². The number of benzene rings is 3. The summed E-state index contributed by atoms with van der Waals surface area (Å²) in [5, 5.41) is 6.62. The minimum atomic E-state index is -0.413. The fourth-order valence-electron chi connectivity index (χ4n) is 4.06. The van der Waals surface area contributed by atoms with Gasteiger partial charge in [-0.2, -0.15) is 0 Å². The summed E-state index contributed by atoms with van der Waals surface area (Å²) in [7, 11) is 0. The van der Waals surface area contributed by atoms with Crippen LogP contribution in [-0.4, -0.2) is 42.2 Å². The average Bonchev–Trinajstić information content (AvgIpc) is 2.89. The fourth-order valence-corrected chi connectivity index (χ4v) is 4.06. The molecule has 0 unspecified atom stereocenters. The Hall–Kier alpha value is -4.30. The molecule has 4 aromatic rings. The molecule has 1 amide bonds. The normalized spacial score (nSPS) is 13.5. The molecular weight excluding hydrogens is 445 g/mol. The van der Waals surface area contributed by atoms with Gasteiger partial charge in [-0.1, -0.05) is 18.7 Å². The predicted octanol–water partition coefficient (Wildman–Crippen LogP) is 5.14. The smallest absolute Gasteiger partial charge is 0.247 e. The summed E-state index contributed by atoms with van der Waals surface area (Å²) < 4.78 is 20.5. The van der Waals surface area contributed by atoms with Crippen LogP contribution < -0.4 is 15.5 Å². The third-order valence-corrected chi connectivity index (χ3v) is 5.81. The maximum Gasteiger partial charge on any atom is 0.247 e. The Bertz CT molecular complexity index is 1380. The maximum absolute atomic E-state index is 15.0. The van der Waals surface area contributed by atoms with Gasteiger partial charge in [0, 0.05) is 47.3 Å². The molecule has 176 valence electrons. The number of halogens is 1. The Morgan fingerprint density at radius 3 is 2.63 bits per heavy atom. The molecule has 5 rings (SSSR count). The molecule has 1 aliphatic rings. The largest absolute Gasteiger partial charge is 0.378 e. The highest BCUT2D eigenvalue weighted by Crippen LogP contribution is 2.32. The Kier molecular flexibility index (Phi) is 6.36. The summed E-state index contributed by atoms with van der Waals surface area (Å²) in [6.45, 7) is 6.66. The number of rotatable bonds is 6. The van der Waals surface area contributed by atoms with E-state index < -0.39 is 5.82 Å². The predicted molar refractivity (Wildman–Crippen MR) is 137 cm³/mol. The lowest BCUT2D eigenvalue weighted by atomic mass is 10.0. The van der Waals surface area contributed by atoms with E-state index in [9.17, 15) is 4.79 Å². The number of ether oxygens (including phenoxy) is 1. The first kappa shape index (κ1) is 22.5. The lowest BCUT2D eigenvalue weighted by Crippen LogP contribution is -2.36. The van der Waals surface area contributed by atoms with Gasteiger partial charge in [0.1, 0.15) is 5.82 Å². The van der Waals surface area contributed by atoms with Crippen molar-refractivity contribution in [3.05, 3.63) is 85.3 Å². The lowest BCUT2D eigenvalue weighted by Gasteiger charge is -2.28. The zero-order valence-electron chi connectivity index (χ0n) is 19.0. The molecule has 0 radical (unpaired) electrons. The number of aromatic nitrogens is 2. The standard InChI is InChI=1S/C27H24FN5O2/c1-2-24(34)30-21-5-3-4-18(16-21)25-23(28)11-6-19-17-29-27(32-26(19)25)31-20-7-9-22(10-8-20)33-12-14-35-15-13-33/h2-11,16-17H,1,12-15H2,(H,30,34)(H,29,31,32). The van der Waals surface area contributed by atoms with Crippen molar-refractivity contribution in [3.63, 3.8) is 0 Å². The van der Waals surface area contributed by atoms with Crippen molar-refractivity contribution >= 4 is 39.8 Å². The minimum absolute atomic E-state index is 0.338. The summed E-state index contributed by atoms with van der Waals surface area (Å²) in [4.78, 5) is 23.0. The number of hydrogen-bond donors (Lipinski definition) is 2. The molecule has 3 aromatic carbocycles. The Morgan fingerprint density at radius 1 is 1.06 bits per heavy atom. The van der Waals surface area contributed by atoms with Gasteiger partial charge >= 0.3 is 0 Å². The van der Waals surface area contributed by atoms with E-state index in [4.69, 9.17) is 4.74 Å². The van der Waals surface area contributed by atoms with Crippen molar-refractivity contribution in [2.75, 3.05) is 41.8 Å². The van der Waals surface area contributed by atoms with Crippen LogP contribution in [0.1, 0.15) is 0 Å². The summed E-state index contributed by atoms with van der Waals surface area (Å²) in [6.07, 6.45) is 2.85. The van der Waals surface area contributed by atoms with E-state index >= 15 is 4.39 Å².